The van der Waals surface area contributed by atoms with Crippen LogP contribution in [-0.4, -0.2) is 47.0 Å². The third-order valence-corrected chi connectivity index (χ3v) is 6.18. The van der Waals surface area contributed by atoms with Crippen molar-refractivity contribution >= 4 is 11.7 Å². The number of amides is 1. The highest BCUT2D eigenvalue weighted by atomic mass is 19.1. The van der Waals surface area contributed by atoms with Gasteiger partial charge in [-0.05, 0) is 43.7 Å². The molecule has 1 aliphatic rings. The molecule has 1 aliphatic heterocycles. The van der Waals surface area contributed by atoms with Gasteiger partial charge >= 0.3 is 0 Å². The second kappa shape index (κ2) is 9.69. The van der Waals surface area contributed by atoms with Crippen LogP contribution in [-0.2, 0) is 6.42 Å². The Morgan fingerprint density at radius 2 is 1.58 bits per heavy atom. The molecule has 0 N–H and O–H groups in total. The molecule has 2 heterocycles. The van der Waals surface area contributed by atoms with Gasteiger partial charge < -0.3 is 9.80 Å². The summed E-state index contributed by atoms with van der Waals surface area (Å²) in [5.74, 6) is 1.66. The van der Waals surface area contributed by atoms with Gasteiger partial charge in [0.2, 0.25) is 0 Å². The first kappa shape index (κ1) is 22.9. The van der Waals surface area contributed by atoms with E-state index in [0.717, 1.165) is 29.3 Å². The molecule has 0 bridgehead atoms. The van der Waals surface area contributed by atoms with E-state index >= 15 is 0 Å². The van der Waals surface area contributed by atoms with Gasteiger partial charge in [0.1, 0.15) is 17.5 Å². The molecule has 33 heavy (non-hydrogen) atoms. The largest absolute Gasteiger partial charge is 0.353 e. The molecule has 2 aromatic carbocycles. The van der Waals surface area contributed by atoms with Gasteiger partial charge in [-0.15, -0.1) is 0 Å². The van der Waals surface area contributed by atoms with Crippen LogP contribution in [0, 0.1) is 19.7 Å². The Labute approximate surface area is 195 Å². The number of benzene rings is 2. The number of anilines is 1. The fourth-order valence-corrected chi connectivity index (χ4v) is 4.14. The van der Waals surface area contributed by atoms with Gasteiger partial charge in [0.05, 0.1) is 0 Å². The molecule has 0 radical (unpaired) electrons. The molecule has 1 amide bonds. The fraction of sp³-hybridized carbons (Fsp3) is 0.370. The minimum absolute atomic E-state index is 0.0590. The van der Waals surface area contributed by atoms with Gasteiger partial charge in [-0.2, -0.15) is 0 Å². The standard InChI is InChI=1S/C27H31FN4O/c1-18(2)25-29-20(4)24(17-21-7-5-19(3)6-8-21)26(30-25)31-13-15-32(16-14-31)27(33)22-9-11-23(28)12-10-22/h5-12,18H,13-17H2,1-4H3. The summed E-state index contributed by atoms with van der Waals surface area (Å²) in [6, 6.07) is 14.3. The van der Waals surface area contributed by atoms with Crippen LogP contribution >= 0.6 is 0 Å². The molecule has 0 atom stereocenters. The van der Waals surface area contributed by atoms with Gasteiger partial charge in [0, 0.05) is 55.3 Å². The minimum atomic E-state index is -0.336. The number of carbonyl (C=O) groups excluding carboxylic acids is 1. The Balaban J connectivity index is 1.56. The maximum atomic E-state index is 13.2. The van der Waals surface area contributed by atoms with Crippen molar-refractivity contribution in [1.29, 1.82) is 0 Å². The van der Waals surface area contributed by atoms with Crippen LogP contribution in [0.15, 0.2) is 48.5 Å². The predicted molar refractivity (Wildman–Crippen MR) is 129 cm³/mol. The van der Waals surface area contributed by atoms with Crippen LogP contribution in [0.4, 0.5) is 10.2 Å². The predicted octanol–water partition coefficient (Wildman–Crippen LogP) is 4.91. The van der Waals surface area contributed by atoms with Crippen molar-refractivity contribution in [2.24, 2.45) is 0 Å². The van der Waals surface area contributed by atoms with Crippen LogP contribution in [0.2, 0.25) is 0 Å². The number of aryl methyl sites for hydroxylation is 2. The summed E-state index contributed by atoms with van der Waals surface area (Å²) in [6.45, 7) is 11.0. The van der Waals surface area contributed by atoms with E-state index in [1.165, 1.54) is 23.3 Å². The highest BCUT2D eigenvalue weighted by Crippen LogP contribution is 2.27. The number of piperazine rings is 1. The Hall–Kier alpha value is -3.28. The Bertz CT molecular complexity index is 1120. The van der Waals surface area contributed by atoms with Crippen molar-refractivity contribution in [2.45, 2.75) is 40.0 Å². The maximum absolute atomic E-state index is 13.2. The van der Waals surface area contributed by atoms with E-state index in [2.05, 4.69) is 56.9 Å². The molecule has 0 unspecified atom stereocenters. The van der Waals surface area contributed by atoms with Crippen molar-refractivity contribution < 1.29 is 9.18 Å². The normalized spacial score (nSPS) is 14.1. The third kappa shape index (κ3) is 5.21. The number of halogens is 1. The molecule has 1 fully saturated rings. The van der Waals surface area contributed by atoms with Gasteiger partial charge in [0.25, 0.3) is 5.91 Å². The summed E-state index contributed by atoms with van der Waals surface area (Å²) < 4.78 is 13.2. The quantitative estimate of drug-likeness (QED) is 0.559. The maximum Gasteiger partial charge on any atom is 0.253 e. The first-order chi connectivity index (χ1) is 15.8. The van der Waals surface area contributed by atoms with Crippen LogP contribution < -0.4 is 4.90 Å². The average molecular weight is 447 g/mol. The molecule has 5 nitrogen and oxygen atoms in total. The van der Waals surface area contributed by atoms with E-state index < -0.39 is 0 Å². The lowest BCUT2D eigenvalue weighted by atomic mass is 10.0. The Kier molecular flexibility index (Phi) is 6.72. The lowest BCUT2D eigenvalue weighted by Crippen LogP contribution is -2.49. The van der Waals surface area contributed by atoms with Crippen molar-refractivity contribution in [3.8, 4) is 0 Å². The number of nitrogens with zero attached hydrogens (tertiary/aromatic N) is 4. The molecule has 6 heteroatoms. The third-order valence-electron chi connectivity index (χ3n) is 6.18. The van der Waals surface area contributed by atoms with E-state index in [0.29, 0.717) is 31.7 Å². The van der Waals surface area contributed by atoms with E-state index in [1.807, 2.05) is 4.90 Å². The van der Waals surface area contributed by atoms with Gasteiger partial charge in [-0.25, -0.2) is 14.4 Å². The summed E-state index contributed by atoms with van der Waals surface area (Å²) in [6.07, 6.45) is 0.772. The van der Waals surface area contributed by atoms with Crippen molar-refractivity contribution in [3.63, 3.8) is 0 Å². The van der Waals surface area contributed by atoms with Gasteiger partial charge in [-0.1, -0.05) is 43.7 Å². The summed E-state index contributed by atoms with van der Waals surface area (Å²) in [7, 11) is 0. The van der Waals surface area contributed by atoms with Crippen LogP contribution in [0.3, 0.4) is 0 Å². The summed E-state index contributed by atoms with van der Waals surface area (Å²) >= 11 is 0. The van der Waals surface area contributed by atoms with Crippen molar-refractivity contribution in [2.75, 3.05) is 31.1 Å². The lowest BCUT2D eigenvalue weighted by molar-refractivity contribution is 0.0746. The van der Waals surface area contributed by atoms with Crippen LogP contribution in [0.5, 0.6) is 0 Å². The second-order valence-corrected chi connectivity index (χ2v) is 9.07. The van der Waals surface area contributed by atoms with E-state index in [9.17, 15) is 9.18 Å². The van der Waals surface area contributed by atoms with E-state index in [1.54, 1.807) is 12.1 Å². The number of rotatable bonds is 5. The van der Waals surface area contributed by atoms with Gasteiger partial charge in [0.15, 0.2) is 0 Å². The highest BCUT2D eigenvalue weighted by Gasteiger charge is 2.26. The monoisotopic (exact) mass is 446 g/mol. The number of hydrogen-bond acceptors (Lipinski definition) is 4. The summed E-state index contributed by atoms with van der Waals surface area (Å²) in [5, 5.41) is 0. The summed E-state index contributed by atoms with van der Waals surface area (Å²) in [5.41, 5.74) is 5.14. The van der Waals surface area contributed by atoms with Crippen LogP contribution in [0.25, 0.3) is 0 Å². The lowest BCUT2D eigenvalue weighted by Gasteiger charge is -2.36. The molecule has 3 aromatic rings. The summed E-state index contributed by atoms with van der Waals surface area (Å²) in [4.78, 5) is 26.7. The topological polar surface area (TPSA) is 49.3 Å². The second-order valence-electron chi connectivity index (χ2n) is 9.07. The van der Waals surface area contributed by atoms with E-state index in [4.69, 9.17) is 9.97 Å². The molecule has 172 valence electrons. The molecule has 1 aromatic heterocycles. The molecule has 0 aliphatic carbocycles. The molecule has 4 rings (SSSR count). The first-order valence-electron chi connectivity index (χ1n) is 11.5. The van der Waals surface area contributed by atoms with Crippen LogP contribution in [0.1, 0.15) is 58.3 Å². The van der Waals surface area contributed by atoms with E-state index in [-0.39, 0.29) is 17.6 Å². The molecule has 0 spiro atoms. The highest BCUT2D eigenvalue weighted by molar-refractivity contribution is 5.94. The number of aromatic nitrogens is 2. The Morgan fingerprint density at radius 3 is 2.18 bits per heavy atom. The fourth-order valence-electron chi connectivity index (χ4n) is 4.14. The Morgan fingerprint density at radius 1 is 0.939 bits per heavy atom. The average Bonchev–Trinajstić information content (AvgIpc) is 2.81. The zero-order valence-corrected chi connectivity index (χ0v) is 19.8. The first-order valence-corrected chi connectivity index (χ1v) is 11.5. The van der Waals surface area contributed by atoms with Crippen molar-refractivity contribution in [1.82, 2.24) is 14.9 Å². The number of carbonyl (C=O) groups is 1. The SMILES string of the molecule is Cc1ccc(Cc2c(C)nc(C(C)C)nc2N2CCN(C(=O)c3ccc(F)cc3)CC2)cc1. The molecular formula is C27H31FN4O. The molecule has 0 saturated carbocycles. The molecular weight excluding hydrogens is 415 g/mol. The van der Waals surface area contributed by atoms with Crippen molar-refractivity contribution in [3.05, 3.63) is 88.1 Å². The zero-order chi connectivity index (χ0) is 23.5. The smallest absolute Gasteiger partial charge is 0.253 e. The molecule has 1 saturated heterocycles. The zero-order valence-electron chi connectivity index (χ0n) is 19.8. The minimum Gasteiger partial charge on any atom is -0.353 e. The number of hydrogen-bond donors (Lipinski definition) is 0. The van der Waals surface area contributed by atoms with Gasteiger partial charge in [-0.3, -0.25) is 4.79 Å².